The van der Waals surface area contributed by atoms with E-state index in [2.05, 4.69) is 10.6 Å². The van der Waals surface area contributed by atoms with Crippen molar-refractivity contribution < 1.29 is 9.90 Å². The summed E-state index contributed by atoms with van der Waals surface area (Å²) in [6.45, 7) is 0.0849. The Labute approximate surface area is 121 Å². The number of hydrogen-bond donors (Lipinski definition) is 3. The number of anilines is 1. The number of nitrogens with one attached hydrogen (secondary N) is 2. The molecule has 6 heteroatoms. The van der Waals surface area contributed by atoms with Gasteiger partial charge in [0.15, 0.2) is 0 Å². The molecule has 3 N–H and O–H groups in total. The number of carbonyl (C=O) groups excluding carboxylic acids is 1. The van der Waals surface area contributed by atoms with Crippen LogP contribution < -0.4 is 10.6 Å². The van der Waals surface area contributed by atoms with Crippen LogP contribution in [-0.4, -0.2) is 23.8 Å². The molecule has 0 saturated carbocycles. The molecule has 0 radical (unpaired) electrons. The van der Waals surface area contributed by atoms with Gasteiger partial charge in [-0.05, 0) is 24.6 Å². The van der Waals surface area contributed by atoms with Gasteiger partial charge in [0, 0.05) is 24.3 Å². The maximum Gasteiger partial charge on any atom is 0.319 e. The van der Waals surface area contributed by atoms with Crippen LogP contribution in [0.5, 0.6) is 0 Å². The Morgan fingerprint density at radius 2 is 2.30 bits per heavy atom. The zero-order valence-corrected chi connectivity index (χ0v) is 11.4. The van der Waals surface area contributed by atoms with Gasteiger partial charge < -0.3 is 15.7 Å². The summed E-state index contributed by atoms with van der Waals surface area (Å²) in [5, 5.41) is 23.5. The molecule has 0 bridgehead atoms. The zero-order chi connectivity index (χ0) is 14.5. The van der Waals surface area contributed by atoms with Crippen LogP contribution in [0.1, 0.15) is 12.0 Å². The van der Waals surface area contributed by atoms with Crippen molar-refractivity contribution in [1.29, 1.82) is 5.26 Å². The fourth-order valence-corrected chi connectivity index (χ4v) is 2.26. The van der Waals surface area contributed by atoms with Gasteiger partial charge in [0.1, 0.15) is 6.07 Å². The maximum absolute atomic E-state index is 11.8. The van der Waals surface area contributed by atoms with Crippen molar-refractivity contribution in [2.75, 3.05) is 11.9 Å². The van der Waals surface area contributed by atoms with Crippen LogP contribution in [0.25, 0.3) is 0 Å². The summed E-state index contributed by atoms with van der Waals surface area (Å²) >= 11 is 5.89. The fraction of sp³-hybridized carbons (Fsp3) is 0.286. The molecule has 0 unspecified atom stereocenters. The number of carbonyl (C=O) groups is 1. The normalized spacial score (nSPS) is 20.4. The summed E-state index contributed by atoms with van der Waals surface area (Å²) in [4.78, 5) is 11.8. The Morgan fingerprint density at radius 1 is 1.50 bits per heavy atom. The van der Waals surface area contributed by atoms with Crippen LogP contribution in [0.3, 0.4) is 0 Å². The largest absolute Gasteiger partial charge is 0.396 e. The summed E-state index contributed by atoms with van der Waals surface area (Å²) in [7, 11) is 0. The van der Waals surface area contributed by atoms with Gasteiger partial charge in [0.25, 0.3) is 0 Å². The predicted octanol–water partition coefficient (Wildman–Crippen LogP) is 2.27. The van der Waals surface area contributed by atoms with Crippen molar-refractivity contribution in [3.8, 4) is 6.07 Å². The van der Waals surface area contributed by atoms with Gasteiger partial charge in [-0.3, -0.25) is 0 Å². The third kappa shape index (κ3) is 3.50. The van der Waals surface area contributed by atoms with E-state index in [1.807, 2.05) is 18.2 Å². The lowest BCUT2D eigenvalue weighted by Crippen LogP contribution is -2.36. The number of hydrogen-bond acceptors (Lipinski definition) is 3. The Balaban J connectivity index is 1.91. The number of nitrogens with zero attached hydrogens (tertiary/aromatic N) is 1. The minimum Gasteiger partial charge on any atom is -0.396 e. The van der Waals surface area contributed by atoms with Crippen LogP contribution in [0, 0.1) is 17.2 Å². The van der Waals surface area contributed by atoms with Crippen molar-refractivity contribution in [2.24, 2.45) is 5.92 Å². The number of aliphatic hydroxyl groups excluding tert-OH is 1. The van der Waals surface area contributed by atoms with E-state index in [1.54, 1.807) is 12.1 Å². The molecule has 0 heterocycles. The smallest absolute Gasteiger partial charge is 0.319 e. The molecule has 0 aliphatic heterocycles. The molecule has 0 aromatic heterocycles. The Kier molecular flexibility index (Phi) is 4.61. The molecule has 104 valence electrons. The lowest BCUT2D eigenvalue weighted by Gasteiger charge is -2.13. The number of aliphatic hydroxyl groups is 1. The Bertz CT molecular complexity index is 580. The third-order valence-electron chi connectivity index (χ3n) is 3.07. The van der Waals surface area contributed by atoms with E-state index in [-0.39, 0.29) is 24.6 Å². The third-order valence-corrected chi connectivity index (χ3v) is 3.38. The first-order valence-electron chi connectivity index (χ1n) is 6.18. The molecule has 0 saturated heterocycles. The zero-order valence-electron chi connectivity index (χ0n) is 10.6. The number of nitriles is 1. The first-order valence-corrected chi connectivity index (χ1v) is 6.56. The minimum atomic E-state index is -0.348. The van der Waals surface area contributed by atoms with Gasteiger partial charge in [-0.25, -0.2) is 4.79 Å². The van der Waals surface area contributed by atoms with Crippen molar-refractivity contribution in [1.82, 2.24) is 5.32 Å². The molecular weight excluding hydrogens is 278 g/mol. The van der Waals surface area contributed by atoms with Crippen LogP contribution in [0.4, 0.5) is 10.5 Å². The van der Waals surface area contributed by atoms with Crippen molar-refractivity contribution in [3.05, 3.63) is 40.9 Å². The number of rotatable bonds is 3. The number of urea groups is 1. The van der Waals surface area contributed by atoms with E-state index in [9.17, 15) is 4.79 Å². The van der Waals surface area contributed by atoms with Gasteiger partial charge in [0.05, 0.1) is 10.6 Å². The van der Waals surface area contributed by atoms with Crippen LogP contribution >= 0.6 is 11.6 Å². The Hall–Kier alpha value is -2.03. The molecule has 1 aliphatic carbocycles. The minimum absolute atomic E-state index is 0.0824. The number of amides is 2. The predicted molar refractivity (Wildman–Crippen MR) is 76.4 cm³/mol. The van der Waals surface area contributed by atoms with Gasteiger partial charge in [-0.1, -0.05) is 23.8 Å². The van der Waals surface area contributed by atoms with Gasteiger partial charge in [-0.2, -0.15) is 5.26 Å². The first kappa shape index (κ1) is 14.4. The van der Waals surface area contributed by atoms with Crippen LogP contribution in [0.15, 0.2) is 30.4 Å². The van der Waals surface area contributed by atoms with Gasteiger partial charge >= 0.3 is 6.03 Å². The van der Waals surface area contributed by atoms with Crippen LogP contribution in [-0.2, 0) is 0 Å². The summed E-state index contributed by atoms with van der Waals surface area (Å²) < 4.78 is 0. The monoisotopic (exact) mass is 291 g/mol. The average Bonchev–Trinajstić information content (AvgIpc) is 2.86. The quantitative estimate of drug-likeness (QED) is 0.747. The van der Waals surface area contributed by atoms with Gasteiger partial charge in [-0.15, -0.1) is 0 Å². The molecule has 1 aromatic carbocycles. The van der Waals surface area contributed by atoms with Crippen molar-refractivity contribution in [2.45, 2.75) is 12.5 Å². The van der Waals surface area contributed by atoms with Gasteiger partial charge in [0.2, 0.25) is 0 Å². The standard InChI is InChI=1S/C14H14ClN3O2/c15-13-6-12(4-2-10(13)7-16)18-14(20)17-11-3-1-9(5-11)8-19/h1-4,6,9,11,19H,5,8H2,(H2,17,18,20)/t9-,11+/m0/s1. The summed E-state index contributed by atoms with van der Waals surface area (Å²) in [5.74, 6) is 0.102. The maximum atomic E-state index is 11.8. The first-order chi connectivity index (χ1) is 9.62. The molecule has 0 spiro atoms. The molecule has 1 aliphatic rings. The van der Waals surface area contributed by atoms with E-state index in [0.29, 0.717) is 22.7 Å². The highest BCUT2D eigenvalue weighted by molar-refractivity contribution is 6.32. The summed E-state index contributed by atoms with van der Waals surface area (Å²) in [5.41, 5.74) is 0.884. The summed E-state index contributed by atoms with van der Waals surface area (Å²) in [6, 6.07) is 6.22. The van der Waals surface area contributed by atoms with E-state index in [0.717, 1.165) is 0 Å². The molecule has 2 amide bonds. The second-order valence-corrected chi connectivity index (χ2v) is 4.98. The fourth-order valence-electron chi connectivity index (χ4n) is 2.04. The topological polar surface area (TPSA) is 85.2 Å². The second-order valence-electron chi connectivity index (χ2n) is 4.57. The molecule has 20 heavy (non-hydrogen) atoms. The molecule has 1 aromatic rings. The molecule has 0 fully saturated rings. The van der Waals surface area contributed by atoms with E-state index in [4.69, 9.17) is 22.0 Å². The molecule has 2 rings (SSSR count). The molecule has 5 nitrogen and oxygen atoms in total. The van der Waals surface area contributed by atoms with E-state index < -0.39 is 0 Å². The lowest BCUT2D eigenvalue weighted by atomic mass is 10.1. The highest BCUT2D eigenvalue weighted by atomic mass is 35.5. The van der Waals surface area contributed by atoms with E-state index in [1.165, 1.54) is 6.07 Å². The van der Waals surface area contributed by atoms with Crippen LogP contribution in [0.2, 0.25) is 5.02 Å². The van der Waals surface area contributed by atoms with Crippen molar-refractivity contribution in [3.63, 3.8) is 0 Å². The SMILES string of the molecule is N#Cc1ccc(NC(=O)N[C@@H]2C=C[C@H](CO)C2)cc1Cl. The van der Waals surface area contributed by atoms with Crippen molar-refractivity contribution >= 4 is 23.3 Å². The lowest BCUT2D eigenvalue weighted by molar-refractivity contribution is 0.238. The van der Waals surface area contributed by atoms with E-state index >= 15 is 0 Å². The Morgan fingerprint density at radius 3 is 2.90 bits per heavy atom. The number of halogens is 1. The highest BCUT2D eigenvalue weighted by Gasteiger charge is 2.19. The highest BCUT2D eigenvalue weighted by Crippen LogP contribution is 2.20. The summed E-state index contributed by atoms with van der Waals surface area (Å²) in [6.07, 6.45) is 4.45. The average molecular weight is 292 g/mol. The molecular formula is C14H14ClN3O2. The number of benzene rings is 1. The second kappa shape index (κ2) is 6.42. The molecule has 2 atom stereocenters.